The van der Waals surface area contributed by atoms with Crippen LogP contribution >= 0.6 is 0 Å². The van der Waals surface area contributed by atoms with Crippen LogP contribution in [0.1, 0.15) is 0 Å². The van der Waals surface area contributed by atoms with Gasteiger partial charge in [-0.1, -0.05) is 12.1 Å². The summed E-state index contributed by atoms with van der Waals surface area (Å²) in [6.45, 7) is 0. The van der Waals surface area contributed by atoms with Crippen molar-refractivity contribution in [1.82, 2.24) is 15.0 Å². The van der Waals surface area contributed by atoms with Crippen molar-refractivity contribution in [2.24, 2.45) is 0 Å². The van der Waals surface area contributed by atoms with Gasteiger partial charge in [0.25, 0.3) is 0 Å². The number of hydrogen-bond acceptors (Lipinski definition) is 2. The molecule has 3 aromatic rings. The number of para-hydroxylation sites is 2. The molecule has 4 nitrogen and oxygen atoms in total. The van der Waals surface area contributed by atoms with Crippen LogP contribution in [0, 0.1) is 0 Å². The number of nitrogens with one attached hydrogen (secondary N) is 2. The van der Waals surface area contributed by atoms with Crippen LogP contribution in [0.4, 0.5) is 11.6 Å². The molecule has 0 fully saturated rings. The second-order valence-corrected chi connectivity index (χ2v) is 3.71. The molecule has 4 heteroatoms. The molecule has 3 rings (SSSR count). The molecule has 1 aromatic carbocycles. The molecule has 0 radical (unpaired) electrons. The van der Waals surface area contributed by atoms with Gasteiger partial charge in [0.2, 0.25) is 5.95 Å². The van der Waals surface area contributed by atoms with Crippen molar-refractivity contribution in [3.8, 4) is 0 Å². The zero-order valence-corrected chi connectivity index (χ0v) is 8.94. The normalized spacial score (nSPS) is 10.8. The van der Waals surface area contributed by atoms with Crippen molar-refractivity contribution in [2.75, 3.05) is 11.9 Å². The summed E-state index contributed by atoms with van der Waals surface area (Å²) in [5.41, 5.74) is 3.12. The van der Waals surface area contributed by atoms with Gasteiger partial charge in [0.1, 0.15) is 0 Å². The number of H-pyrrole nitrogens is 2. The maximum Gasteiger partial charge on any atom is 0.208 e. The van der Waals surface area contributed by atoms with Crippen LogP contribution in [-0.4, -0.2) is 22.0 Å². The summed E-state index contributed by atoms with van der Waals surface area (Å²) in [4.78, 5) is 12.9. The van der Waals surface area contributed by atoms with Gasteiger partial charge in [-0.25, -0.2) is 4.98 Å². The average molecular weight is 212 g/mol. The fraction of sp³-hybridized carbons (Fsp3) is 0.0833. The molecule has 0 saturated heterocycles. The Kier molecular flexibility index (Phi) is 1.93. The van der Waals surface area contributed by atoms with Crippen molar-refractivity contribution in [2.45, 2.75) is 0 Å². The predicted octanol–water partition coefficient (Wildman–Crippen LogP) is 2.66. The predicted molar refractivity (Wildman–Crippen MR) is 64.9 cm³/mol. The Morgan fingerprint density at radius 3 is 2.81 bits per heavy atom. The van der Waals surface area contributed by atoms with E-state index in [2.05, 4.69) is 15.0 Å². The maximum absolute atomic E-state index is 4.53. The van der Waals surface area contributed by atoms with Crippen molar-refractivity contribution in [3.63, 3.8) is 0 Å². The SMILES string of the molecule is CN(c1cc[nH]c1)c1nc2ccccc2[nH]1. The lowest BCUT2D eigenvalue weighted by atomic mass is 10.3. The van der Waals surface area contributed by atoms with Gasteiger partial charge in [0.05, 0.1) is 16.7 Å². The van der Waals surface area contributed by atoms with Crippen molar-refractivity contribution < 1.29 is 0 Å². The largest absolute Gasteiger partial charge is 0.366 e. The Bertz CT molecular complexity index is 561. The van der Waals surface area contributed by atoms with Crippen LogP contribution in [0.5, 0.6) is 0 Å². The van der Waals surface area contributed by atoms with E-state index in [0.717, 1.165) is 22.7 Å². The summed E-state index contributed by atoms with van der Waals surface area (Å²) in [6.07, 6.45) is 3.83. The Labute approximate surface area is 92.9 Å². The monoisotopic (exact) mass is 212 g/mol. The molecule has 0 saturated carbocycles. The summed E-state index contributed by atoms with van der Waals surface area (Å²) in [6, 6.07) is 10.0. The number of nitrogens with zero attached hydrogens (tertiary/aromatic N) is 2. The fourth-order valence-electron chi connectivity index (χ4n) is 1.74. The van der Waals surface area contributed by atoms with E-state index in [1.807, 2.05) is 54.7 Å². The third-order valence-corrected chi connectivity index (χ3v) is 2.66. The van der Waals surface area contributed by atoms with Crippen LogP contribution in [-0.2, 0) is 0 Å². The molecular formula is C12H12N4. The number of imidazole rings is 1. The summed E-state index contributed by atoms with van der Waals surface area (Å²) in [7, 11) is 1.99. The maximum atomic E-state index is 4.53. The van der Waals surface area contributed by atoms with Crippen LogP contribution in [0.25, 0.3) is 11.0 Å². The highest BCUT2D eigenvalue weighted by molar-refractivity contribution is 5.78. The molecule has 0 atom stereocenters. The summed E-state index contributed by atoms with van der Waals surface area (Å²) in [5, 5.41) is 0. The lowest BCUT2D eigenvalue weighted by Crippen LogP contribution is -2.09. The summed E-state index contributed by atoms with van der Waals surface area (Å²) >= 11 is 0. The highest BCUT2D eigenvalue weighted by atomic mass is 15.2. The molecule has 2 aromatic heterocycles. The average Bonchev–Trinajstić information content (AvgIpc) is 2.97. The molecule has 0 amide bonds. The van der Waals surface area contributed by atoms with E-state index < -0.39 is 0 Å². The van der Waals surface area contributed by atoms with E-state index in [9.17, 15) is 0 Å². The number of fused-ring (bicyclic) bond motifs is 1. The Morgan fingerprint density at radius 1 is 1.19 bits per heavy atom. The Morgan fingerprint density at radius 2 is 2.06 bits per heavy atom. The Hall–Kier alpha value is -2.23. The minimum atomic E-state index is 0.848. The van der Waals surface area contributed by atoms with E-state index in [0.29, 0.717) is 0 Å². The zero-order chi connectivity index (χ0) is 11.0. The summed E-state index contributed by atoms with van der Waals surface area (Å²) in [5.74, 6) is 0.848. The van der Waals surface area contributed by atoms with E-state index in [4.69, 9.17) is 0 Å². The second kappa shape index (κ2) is 3.41. The van der Waals surface area contributed by atoms with Crippen LogP contribution in [0.2, 0.25) is 0 Å². The van der Waals surface area contributed by atoms with Crippen LogP contribution < -0.4 is 4.90 Å². The van der Waals surface area contributed by atoms with Crippen LogP contribution in [0.3, 0.4) is 0 Å². The first-order valence-electron chi connectivity index (χ1n) is 5.16. The summed E-state index contributed by atoms with van der Waals surface area (Å²) < 4.78 is 0. The first kappa shape index (κ1) is 9.03. The number of benzene rings is 1. The molecule has 2 N–H and O–H groups in total. The van der Waals surface area contributed by atoms with E-state index in [-0.39, 0.29) is 0 Å². The van der Waals surface area contributed by atoms with Crippen molar-refractivity contribution in [1.29, 1.82) is 0 Å². The number of rotatable bonds is 2. The van der Waals surface area contributed by atoms with Crippen molar-refractivity contribution >= 4 is 22.7 Å². The molecule has 0 spiro atoms. The van der Waals surface area contributed by atoms with Gasteiger partial charge in [-0.2, -0.15) is 0 Å². The lowest BCUT2D eigenvalue weighted by molar-refractivity contribution is 1.11. The first-order valence-corrected chi connectivity index (χ1v) is 5.16. The number of aromatic amines is 2. The van der Waals surface area contributed by atoms with Gasteiger partial charge in [-0.05, 0) is 18.2 Å². The number of aromatic nitrogens is 3. The number of anilines is 2. The molecule has 0 aliphatic carbocycles. The van der Waals surface area contributed by atoms with Gasteiger partial charge in [-0.3, -0.25) is 0 Å². The minimum absolute atomic E-state index is 0.848. The Balaban J connectivity index is 2.06. The van der Waals surface area contributed by atoms with E-state index >= 15 is 0 Å². The van der Waals surface area contributed by atoms with Crippen molar-refractivity contribution in [3.05, 3.63) is 42.7 Å². The van der Waals surface area contributed by atoms with Gasteiger partial charge in [0, 0.05) is 19.4 Å². The first-order chi connectivity index (χ1) is 7.84. The molecule has 0 unspecified atom stereocenters. The molecule has 0 aliphatic rings. The van der Waals surface area contributed by atoms with E-state index in [1.54, 1.807) is 0 Å². The topological polar surface area (TPSA) is 47.7 Å². The molecule has 0 aliphatic heterocycles. The van der Waals surface area contributed by atoms with Gasteiger partial charge < -0.3 is 14.9 Å². The van der Waals surface area contributed by atoms with Gasteiger partial charge >= 0.3 is 0 Å². The molecule has 0 bridgehead atoms. The third-order valence-electron chi connectivity index (χ3n) is 2.66. The minimum Gasteiger partial charge on any atom is -0.366 e. The highest BCUT2D eigenvalue weighted by Crippen LogP contribution is 2.22. The quantitative estimate of drug-likeness (QED) is 0.686. The lowest BCUT2D eigenvalue weighted by Gasteiger charge is -2.12. The molecule has 80 valence electrons. The third kappa shape index (κ3) is 1.35. The second-order valence-electron chi connectivity index (χ2n) is 3.71. The molecule has 2 heterocycles. The molecular weight excluding hydrogens is 200 g/mol. The zero-order valence-electron chi connectivity index (χ0n) is 8.94. The van der Waals surface area contributed by atoms with Crippen LogP contribution in [0.15, 0.2) is 42.7 Å². The number of hydrogen-bond donors (Lipinski definition) is 2. The highest BCUT2D eigenvalue weighted by Gasteiger charge is 2.08. The molecule has 16 heavy (non-hydrogen) atoms. The van der Waals surface area contributed by atoms with Gasteiger partial charge in [-0.15, -0.1) is 0 Å². The smallest absolute Gasteiger partial charge is 0.208 e. The fourth-order valence-corrected chi connectivity index (χ4v) is 1.74. The van der Waals surface area contributed by atoms with Gasteiger partial charge in [0.15, 0.2) is 0 Å². The standard InChI is InChI=1S/C12H12N4/c1-16(9-6-7-13-8-9)12-14-10-4-2-3-5-11(10)15-12/h2-8,13H,1H3,(H,14,15). The van der Waals surface area contributed by atoms with E-state index in [1.165, 1.54) is 0 Å².